The number of anilines is 1. The Balaban J connectivity index is 2.40. The third-order valence-corrected chi connectivity index (χ3v) is 2.92. The molecule has 0 amide bonds. The molecular weight excluding hydrogens is 169 g/mol. The van der Waals surface area contributed by atoms with E-state index in [1.165, 1.54) is 22.0 Å². The standard InChI is InChI=1S/C12H12BN/c1-13-8-10-6-2-4-9-5-3-7-11(14-13)12(9)10/h2-7,14H,8H2,1H3. The monoisotopic (exact) mass is 181 g/mol. The molecule has 0 atom stereocenters. The molecule has 2 aromatic rings. The quantitative estimate of drug-likeness (QED) is 0.616. The second-order valence-electron chi connectivity index (χ2n) is 4.07. The van der Waals surface area contributed by atoms with Crippen molar-refractivity contribution >= 4 is 23.3 Å². The molecule has 0 aromatic heterocycles. The lowest BCUT2D eigenvalue weighted by Crippen LogP contribution is -2.27. The number of rotatable bonds is 0. The Morgan fingerprint density at radius 2 is 1.93 bits per heavy atom. The molecule has 14 heavy (non-hydrogen) atoms. The maximum absolute atomic E-state index is 3.52. The van der Waals surface area contributed by atoms with Crippen LogP contribution in [0.15, 0.2) is 36.4 Å². The highest BCUT2D eigenvalue weighted by atomic mass is 14.8. The summed E-state index contributed by atoms with van der Waals surface area (Å²) in [6.07, 6.45) is 1.13. The fourth-order valence-electron chi connectivity index (χ4n) is 2.36. The van der Waals surface area contributed by atoms with Crippen LogP contribution in [0.25, 0.3) is 10.8 Å². The molecule has 1 heterocycles. The lowest BCUT2D eigenvalue weighted by atomic mass is 9.57. The zero-order valence-electron chi connectivity index (χ0n) is 8.25. The summed E-state index contributed by atoms with van der Waals surface area (Å²) in [5, 5.41) is 6.28. The molecule has 1 aliphatic rings. The molecule has 0 fully saturated rings. The molecule has 2 heteroatoms. The zero-order valence-corrected chi connectivity index (χ0v) is 8.25. The average molecular weight is 181 g/mol. The molecule has 1 N–H and O–H groups in total. The molecule has 0 saturated heterocycles. The summed E-state index contributed by atoms with van der Waals surface area (Å²) < 4.78 is 0. The normalized spacial score (nSPS) is 14.2. The van der Waals surface area contributed by atoms with Gasteiger partial charge in [-0.2, -0.15) is 0 Å². The van der Waals surface area contributed by atoms with Crippen LogP contribution in [0.3, 0.4) is 0 Å². The Labute approximate surface area is 84.2 Å². The van der Waals surface area contributed by atoms with Crippen molar-refractivity contribution in [2.45, 2.75) is 13.1 Å². The Kier molecular flexibility index (Phi) is 1.57. The third kappa shape index (κ3) is 1.03. The number of hydrogen-bond donors (Lipinski definition) is 1. The van der Waals surface area contributed by atoms with Crippen molar-refractivity contribution in [1.82, 2.24) is 0 Å². The molecule has 0 spiro atoms. The van der Waals surface area contributed by atoms with Crippen molar-refractivity contribution in [2.75, 3.05) is 5.23 Å². The van der Waals surface area contributed by atoms with Crippen molar-refractivity contribution in [2.24, 2.45) is 0 Å². The summed E-state index contributed by atoms with van der Waals surface area (Å²) in [6.45, 7) is 2.78. The van der Waals surface area contributed by atoms with Gasteiger partial charge in [0.2, 0.25) is 0 Å². The van der Waals surface area contributed by atoms with E-state index in [1.807, 2.05) is 0 Å². The minimum Gasteiger partial charge on any atom is -0.427 e. The summed E-state index contributed by atoms with van der Waals surface area (Å²) in [5.74, 6) is 0. The van der Waals surface area contributed by atoms with Crippen molar-refractivity contribution in [3.63, 3.8) is 0 Å². The molecular formula is C12H12BN. The predicted octanol–water partition coefficient (Wildman–Crippen LogP) is 2.97. The van der Waals surface area contributed by atoms with Crippen LogP contribution in [0, 0.1) is 0 Å². The second-order valence-corrected chi connectivity index (χ2v) is 4.07. The molecule has 0 bridgehead atoms. The van der Waals surface area contributed by atoms with Gasteiger partial charge in [0.25, 0.3) is 6.85 Å². The maximum Gasteiger partial charge on any atom is 0.252 e. The molecule has 3 rings (SSSR count). The SMILES string of the molecule is CB1Cc2cccc3cccc(c23)N1. The van der Waals surface area contributed by atoms with Crippen LogP contribution in [0.1, 0.15) is 5.56 Å². The summed E-state index contributed by atoms with van der Waals surface area (Å²) in [4.78, 5) is 0. The Hall–Kier alpha value is -1.44. The molecule has 0 radical (unpaired) electrons. The van der Waals surface area contributed by atoms with E-state index in [-0.39, 0.29) is 0 Å². The summed E-state index contributed by atoms with van der Waals surface area (Å²) in [6, 6.07) is 13.0. The summed E-state index contributed by atoms with van der Waals surface area (Å²) >= 11 is 0. The minimum atomic E-state index is 0.551. The van der Waals surface area contributed by atoms with Crippen molar-refractivity contribution < 1.29 is 0 Å². The molecule has 1 aliphatic heterocycles. The number of hydrogen-bond acceptors (Lipinski definition) is 1. The van der Waals surface area contributed by atoms with E-state index >= 15 is 0 Å². The fraction of sp³-hybridized carbons (Fsp3) is 0.167. The third-order valence-electron chi connectivity index (χ3n) is 2.92. The fourth-order valence-corrected chi connectivity index (χ4v) is 2.36. The van der Waals surface area contributed by atoms with Crippen LogP contribution in [-0.2, 0) is 6.32 Å². The highest BCUT2D eigenvalue weighted by Gasteiger charge is 2.18. The zero-order chi connectivity index (χ0) is 9.54. The molecule has 68 valence electrons. The van der Waals surface area contributed by atoms with Crippen molar-refractivity contribution in [3.8, 4) is 0 Å². The van der Waals surface area contributed by atoms with Crippen LogP contribution >= 0.6 is 0 Å². The van der Waals surface area contributed by atoms with Crippen LogP contribution in [0.2, 0.25) is 6.82 Å². The van der Waals surface area contributed by atoms with E-state index in [0.29, 0.717) is 6.85 Å². The van der Waals surface area contributed by atoms with Crippen molar-refractivity contribution in [3.05, 3.63) is 42.0 Å². The van der Waals surface area contributed by atoms with Gasteiger partial charge >= 0.3 is 0 Å². The number of benzene rings is 2. The van der Waals surface area contributed by atoms with Gasteiger partial charge in [-0.15, -0.1) is 0 Å². The highest BCUT2D eigenvalue weighted by molar-refractivity contribution is 6.62. The van der Waals surface area contributed by atoms with Gasteiger partial charge < -0.3 is 5.23 Å². The predicted molar refractivity (Wildman–Crippen MR) is 62.9 cm³/mol. The van der Waals surface area contributed by atoms with Gasteiger partial charge in [0.15, 0.2) is 0 Å². The van der Waals surface area contributed by atoms with Gasteiger partial charge in [-0.05, 0) is 23.3 Å². The van der Waals surface area contributed by atoms with E-state index in [1.54, 1.807) is 0 Å². The topological polar surface area (TPSA) is 12.0 Å². The van der Waals surface area contributed by atoms with Crippen LogP contribution in [0.5, 0.6) is 0 Å². The Morgan fingerprint density at radius 1 is 1.14 bits per heavy atom. The van der Waals surface area contributed by atoms with Gasteiger partial charge in [0.05, 0.1) is 0 Å². The molecule has 2 aromatic carbocycles. The first-order valence-corrected chi connectivity index (χ1v) is 5.12. The van der Waals surface area contributed by atoms with Gasteiger partial charge in [-0.3, -0.25) is 0 Å². The first-order chi connectivity index (χ1) is 6.84. The largest absolute Gasteiger partial charge is 0.427 e. The highest BCUT2D eigenvalue weighted by Crippen LogP contribution is 2.31. The van der Waals surface area contributed by atoms with Gasteiger partial charge in [0, 0.05) is 11.1 Å². The average Bonchev–Trinajstić information content (AvgIpc) is 2.18. The lowest BCUT2D eigenvalue weighted by Gasteiger charge is -2.22. The maximum atomic E-state index is 3.52. The molecule has 0 saturated carbocycles. The Bertz CT molecular complexity index is 452. The molecule has 1 nitrogen and oxygen atoms in total. The Morgan fingerprint density at radius 3 is 2.79 bits per heavy atom. The van der Waals surface area contributed by atoms with E-state index in [2.05, 4.69) is 48.4 Å². The van der Waals surface area contributed by atoms with E-state index in [4.69, 9.17) is 0 Å². The van der Waals surface area contributed by atoms with Crippen molar-refractivity contribution in [1.29, 1.82) is 0 Å². The second kappa shape index (κ2) is 2.78. The summed E-state index contributed by atoms with van der Waals surface area (Å²) in [5.41, 5.74) is 2.77. The molecule has 0 unspecified atom stereocenters. The first kappa shape index (κ1) is 7.92. The first-order valence-electron chi connectivity index (χ1n) is 5.12. The van der Waals surface area contributed by atoms with Crippen LogP contribution in [-0.4, -0.2) is 6.85 Å². The van der Waals surface area contributed by atoms with Gasteiger partial charge in [-0.25, -0.2) is 0 Å². The van der Waals surface area contributed by atoms with Gasteiger partial charge in [0.1, 0.15) is 0 Å². The van der Waals surface area contributed by atoms with Gasteiger partial charge in [-0.1, -0.05) is 37.2 Å². The van der Waals surface area contributed by atoms with E-state index < -0.39 is 0 Å². The minimum absolute atomic E-state index is 0.551. The van der Waals surface area contributed by atoms with E-state index in [0.717, 1.165) is 6.32 Å². The molecule has 0 aliphatic carbocycles. The van der Waals surface area contributed by atoms with E-state index in [9.17, 15) is 0 Å². The summed E-state index contributed by atoms with van der Waals surface area (Å²) in [7, 11) is 0. The number of nitrogens with one attached hydrogen (secondary N) is 1. The van der Waals surface area contributed by atoms with Crippen LogP contribution in [0.4, 0.5) is 5.69 Å². The van der Waals surface area contributed by atoms with Crippen LogP contribution < -0.4 is 5.23 Å². The smallest absolute Gasteiger partial charge is 0.252 e. The lowest BCUT2D eigenvalue weighted by molar-refractivity contribution is 1.36.